The van der Waals surface area contributed by atoms with Crippen LogP contribution < -0.4 is 0 Å². The van der Waals surface area contributed by atoms with Crippen LogP contribution in [0.2, 0.25) is 0 Å². The number of carbonyl (C=O) groups excluding carboxylic acids is 3. The minimum absolute atomic E-state index is 0.0737. The number of unbranched alkanes of at least 4 members (excludes halogenated alkanes) is 39. The third-order valence-corrected chi connectivity index (χ3v) is 13.2. The van der Waals surface area contributed by atoms with E-state index in [1.54, 1.807) is 0 Å². The van der Waals surface area contributed by atoms with Crippen molar-refractivity contribution in [2.45, 2.75) is 322 Å². The van der Waals surface area contributed by atoms with Crippen LogP contribution in [-0.2, 0) is 28.6 Å². The molecule has 0 aliphatic heterocycles. The highest BCUT2D eigenvalue weighted by atomic mass is 16.6. The summed E-state index contributed by atoms with van der Waals surface area (Å²) in [5.41, 5.74) is 0. The Morgan fingerprint density at radius 3 is 0.896 bits per heavy atom. The molecule has 1 atom stereocenters. The number of hydrogen-bond donors (Lipinski definition) is 0. The second kappa shape index (κ2) is 56.2. The Bertz CT molecular complexity index is 1130. The maximum atomic E-state index is 12.9. The van der Waals surface area contributed by atoms with Crippen molar-refractivity contribution >= 4 is 17.9 Å². The quantitative estimate of drug-likeness (QED) is 0.0262. The van der Waals surface area contributed by atoms with Gasteiger partial charge in [0.2, 0.25) is 0 Å². The number of allylic oxidation sites excluding steroid dienone is 6. The van der Waals surface area contributed by atoms with Crippen molar-refractivity contribution in [1.82, 2.24) is 0 Å². The standard InChI is InChI=1S/C61H112O6/c1-4-7-10-13-16-19-22-25-27-29-30-32-33-36-39-42-45-48-51-54-60(63)66-57-58(56-65-59(62)53-50-47-44-41-38-35-24-21-18-15-12-9-6-3)67-61(64)55-52-49-46-43-40-37-34-31-28-26-23-20-17-14-11-8-5-2/h9,12,15,18,21,24,58H,4-8,10-11,13-14,16-17,19-20,22-23,25-57H2,1-3H3/b12-9+,18-15+,24-21+. The van der Waals surface area contributed by atoms with E-state index in [0.29, 0.717) is 19.3 Å². The fourth-order valence-corrected chi connectivity index (χ4v) is 8.80. The zero-order chi connectivity index (χ0) is 48.6. The summed E-state index contributed by atoms with van der Waals surface area (Å²) < 4.78 is 16.9. The molecule has 6 heteroatoms. The second-order valence-electron chi connectivity index (χ2n) is 20.0. The van der Waals surface area contributed by atoms with Gasteiger partial charge in [0, 0.05) is 19.3 Å². The fraction of sp³-hybridized carbons (Fsp3) is 0.852. The van der Waals surface area contributed by atoms with Crippen molar-refractivity contribution in [3.8, 4) is 0 Å². The number of ether oxygens (including phenoxy) is 3. The van der Waals surface area contributed by atoms with E-state index in [1.807, 2.05) is 0 Å². The molecule has 0 aromatic heterocycles. The molecule has 0 aliphatic rings. The molecular formula is C61H112O6. The lowest BCUT2D eigenvalue weighted by molar-refractivity contribution is -0.167. The lowest BCUT2D eigenvalue weighted by Gasteiger charge is -2.18. The normalized spacial score (nSPS) is 12.2. The van der Waals surface area contributed by atoms with Gasteiger partial charge in [0.05, 0.1) is 0 Å². The Morgan fingerprint density at radius 2 is 0.582 bits per heavy atom. The SMILES string of the molecule is CC/C=C/C=C/C=C/CCCCCCCC(=O)OCC(COC(=O)CCCCCCCCCCCCCCCCCCCCC)OC(=O)CCCCCCCCCCCCCCCCCCC. The van der Waals surface area contributed by atoms with Gasteiger partial charge in [0.1, 0.15) is 13.2 Å². The Kier molecular flexibility index (Phi) is 54.2. The van der Waals surface area contributed by atoms with Crippen LogP contribution in [0.25, 0.3) is 0 Å². The van der Waals surface area contributed by atoms with E-state index in [2.05, 4.69) is 57.2 Å². The van der Waals surface area contributed by atoms with Gasteiger partial charge in [-0.25, -0.2) is 0 Å². The van der Waals surface area contributed by atoms with E-state index in [9.17, 15) is 14.4 Å². The predicted octanol–water partition coefficient (Wildman–Crippen LogP) is 19.7. The first-order valence-electron chi connectivity index (χ1n) is 29.5. The minimum Gasteiger partial charge on any atom is -0.462 e. The molecule has 0 heterocycles. The Labute approximate surface area is 416 Å². The largest absolute Gasteiger partial charge is 0.462 e. The summed E-state index contributed by atoms with van der Waals surface area (Å²) in [4.78, 5) is 38.2. The molecule has 0 amide bonds. The Morgan fingerprint density at radius 1 is 0.313 bits per heavy atom. The molecule has 0 saturated carbocycles. The van der Waals surface area contributed by atoms with Gasteiger partial charge in [0.25, 0.3) is 0 Å². The van der Waals surface area contributed by atoms with E-state index in [4.69, 9.17) is 14.2 Å². The summed E-state index contributed by atoms with van der Waals surface area (Å²) in [6, 6.07) is 0. The molecule has 392 valence electrons. The number of carbonyl (C=O) groups is 3. The van der Waals surface area contributed by atoms with Crippen LogP contribution in [0.5, 0.6) is 0 Å². The molecule has 0 rings (SSSR count). The lowest BCUT2D eigenvalue weighted by atomic mass is 10.0. The summed E-state index contributed by atoms with van der Waals surface area (Å²) in [7, 11) is 0. The molecule has 0 spiro atoms. The Balaban J connectivity index is 4.31. The van der Waals surface area contributed by atoms with Crippen LogP contribution in [0.4, 0.5) is 0 Å². The third kappa shape index (κ3) is 54.4. The summed E-state index contributed by atoms with van der Waals surface area (Å²) in [5, 5.41) is 0. The maximum absolute atomic E-state index is 12.9. The van der Waals surface area contributed by atoms with Gasteiger partial charge < -0.3 is 14.2 Å². The minimum atomic E-state index is -0.776. The van der Waals surface area contributed by atoms with Crippen molar-refractivity contribution in [2.75, 3.05) is 13.2 Å². The van der Waals surface area contributed by atoms with E-state index in [-0.39, 0.29) is 31.1 Å². The van der Waals surface area contributed by atoms with Gasteiger partial charge in [-0.1, -0.05) is 295 Å². The zero-order valence-corrected chi connectivity index (χ0v) is 44.9. The number of rotatable bonds is 54. The highest BCUT2D eigenvalue weighted by Gasteiger charge is 2.19. The van der Waals surface area contributed by atoms with E-state index in [1.165, 1.54) is 193 Å². The first kappa shape index (κ1) is 64.6. The van der Waals surface area contributed by atoms with Crippen molar-refractivity contribution in [3.63, 3.8) is 0 Å². The van der Waals surface area contributed by atoms with Gasteiger partial charge in [-0.2, -0.15) is 0 Å². The van der Waals surface area contributed by atoms with Gasteiger partial charge >= 0.3 is 17.9 Å². The summed E-state index contributed by atoms with van der Waals surface area (Å²) in [6.45, 7) is 6.54. The van der Waals surface area contributed by atoms with E-state index < -0.39 is 6.10 Å². The predicted molar refractivity (Wildman–Crippen MR) is 289 cm³/mol. The monoisotopic (exact) mass is 941 g/mol. The molecule has 6 nitrogen and oxygen atoms in total. The fourth-order valence-electron chi connectivity index (χ4n) is 8.80. The van der Waals surface area contributed by atoms with Crippen LogP contribution in [0.15, 0.2) is 36.5 Å². The topological polar surface area (TPSA) is 78.9 Å². The van der Waals surface area contributed by atoms with E-state index in [0.717, 1.165) is 83.5 Å². The van der Waals surface area contributed by atoms with Gasteiger partial charge in [0.15, 0.2) is 6.10 Å². The first-order chi connectivity index (χ1) is 33.0. The molecular weight excluding hydrogens is 829 g/mol. The highest BCUT2D eigenvalue weighted by Crippen LogP contribution is 2.17. The smallest absolute Gasteiger partial charge is 0.306 e. The van der Waals surface area contributed by atoms with Crippen molar-refractivity contribution in [3.05, 3.63) is 36.5 Å². The van der Waals surface area contributed by atoms with E-state index >= 15 is 0 Å². The highest BCUT2D eigenvalue weighted by molar-refractivity contribution is 5.71. The van der Waals surface area contributed by atoms with Crippen LogP contribution in [0, 0.1) is 0 Å². The number of hydrogen-bond acceptors (Lipinski definition) is 6. The second-order valence-corrected chi connectivity index (χ2v) is 20.0. The molecule has 0 fully saturated rings. The van der Waals surface area contributed by atoms with Crippen molar-refractivity contribution < 1.29 is 28.6 Å². The van der Waals surface area contributed by atoms with Gasteiger partial charge in [-0.15, -0.1) is 0 Å². The molecule has 67 heavy (non-hydrogen) atoms. The zero-order valence-electron chi connectivity index (χ0n) is 44.9. The number of esters is 3. The molecule has 0 aromatic carbocycles. The molecule has 1 unspecified atom stereocenters. The van der Waals surface area contributed by atoms with Gasteiger partial charge in [-0.3, -0.25) is 14.4 Å². The summed E-state index contributed by atoms with van der Waals surface area (Å²) >= 11 is 0. The maximum Gasteiger partial charge on any atom is 0.306 e. The molecule has 0 saturated heterocycles. The summed E-state index contributed by atoms with van der Waals surface area (Å²) in [6.07, 6.45) is 67.1. The van der Waals surface area contributed by atoms with Crippen molar-refractivity contribution in [2.24, 2.45) is 0 Å². The van der Waals surface area contributed by atoms with Gasteiger partial charge in [-0.05, 0) is 38.5 Å². The third-order valence-electron chi connectivity index (χ3n) is 13.2. The molecule has 0 N–H and O–H groups in total. The Hall–Kier alpha value is -2.37. The van der Waals surface area contributed by atoms with Crippen LogP contribution >= 0.6 is 0 Å². The average Bonchev–Trinajstić information content (AvgIpc) is 3.33. The lowest BCUT2D eigenvalue weighted by Crippen LogP contribution is -2.30. The first-order valence-corrected chi connectivity index (χ1v) is 29.5. The molecule has 0 aliphatic carbocycles. The molecule has 0 aromatic rings. The average molecular weight is 942 g/mol. The van der Waals surface area contributed by atoms with Crippen molar-refractivity contribution in [1.29, 1.82) is 0 Å². The van der Waals surface area contributed by atoms with Crippen LogP contribution in [0.1, 0.15) is 316 Å². The summed E-state index contributed by atoms with van der Waals surface area (Å²) in [5.74, 6) is -0.874. The van der Waals surface area contributed by atoms with Crippen LogP contribution in [-0.4, -0.2) is 37.2 Å². The van der Waals surface area contributed by atoms with Crippen LogP contribution in [0.3, 0.4) is 0 Å². The molecule has 0 bridgehead atoms. The molecule has 0 radical (unpaired) electrons.